The second kappa shape index (κ2) is 11.0. The predicted molar refractivity (Wildman–Crippen MR) is 121 cm³/mol. The number of hydrogen-bond donors (Lipinski definition) is 1. The van der Waals surface area contributed by atoms with E-state index in [0.29, 0.717) is 23.0 Å². The van der Waals surface area contributed by atoms with Crippen molar-refractivity contribution in [3.8, 4) is 5.75 Å². The molecule has 0 saturated carbocycles. The number of thioether (sulfide) groups is 1. The number of aromatic nitrogens is 1. The zero-order chi connectivity index (χ0) is 22.2. The minimum atomic E-state index is -0.361. The Balaban J connectivity index is 1.37. The summed E-state index contributed by atoms with van der Waals surface area (Å²) < 4.78 is 5.67. The van der Waals surface area contributed by atoms with Crippen molar-refractivity contribution in [3.63, 3.8) is 0 Å². The van der Waals surface area contributed by atoms with Gasteiger partial charge in [0.25, 0.3) is 11.1 Å². The van der Waals surface area contributed by atoms with E-state index in [4.69, 9.17) is 16.3 Å². The Morgan fingerprint density at radius 1 is 1.32 bits per heavy atom. The highest BCUT2D eigenvalue weighted by atomic mass is 35.5. The van der Waals surface area contributed by atoms with Crippen molar-refractivity contribution in [3.05, 3.63) is 63.8 Å². The van der Waals surface area contributed by atoms with E-state index in [9.17, 15) is 14.4 Å². The molecule has 0 radical (unpaired) electrons. The zero-order valence-corrected chi connectivity index (χ0v) is 18.5. The molecule has 2 aromatic rings. The summed E-state index contributed by atoms with van der Waals surface area (Å²) in [6.07, 6.45) is 5.72. The fourth-order valence-corrected chi connectivity index (χ4v) is 3.98. The van der Waals surface area contributed by atoms with Gasteiger partial charge in [0.1, 0.15) is 5.75 Å². The Morgan fingerprint density at radius 3 is 2.90 bits per heavy atom. The van der Waals surface area contributed by atoms with Gasteiger partial charge in [0.05, 0.1) is 11.5 Å². The maximum Gasteiger partial charge on any atom is 0.293 e. The fraction of sp³-hybridized carbons (Fsp3) is 0.273. The molecule has 1 saturated heterocycles. The van der Waals surface area contributed by atoms with Crippen LogP contribution in [0.2, 0.25) is 5.02 Å². The number of pyridine rings is 1. The molecule has 1 aromatic carbocycles. The molecule has 0 spiro atoms. The van der Waals surface area contributed by atoms with E-state index in [1.54, 1.807) is 42.7 Å². The van der Waals surface area contributed by atoms with E-state index in [0.717, 1.165) is 33.5 Å². The molecule has 9 heteroatoms. The smallest absolute Gasteiger partial charge is 0.293 e. The van der Waals surface area contributed by atoms with Crippen molar-refractivity contribution in [1.29, 1.82) is 0 Å². The first-order valence-corrected chi connectivity index (χ1v) is 10.9. The lowest BCUT2D eigenvalue weighted by atomic mass is 10.2. The molecule has 7 nitrogen and oxygen atoms in total. The molecule has 0 aliphatic carbocycles. The van der Waals surface area contributed by atoms with Gasteiger partial charge in [-0.2, -0.15) is 0 Å². The summed E-state index contributed by atoms with van der Waals surface area (Å²) in [5, 5.41) is 3.04. The molecule has 3 rings (SSSR count). The number of nitrogens with zero attached hydrogens (tertiary/aromatic N) is 2. The quantitative estimate of drug-likeness (QED) is 0.449. The Hall–Kier alpha value is -2.84. The number of imide groups is 1. The number of halogens is 1. The van der Waals surface area contributed by atoms with Gasteiger partial charge in [0.15, 0.2) is 0 Å². The molecular formula is C22H22ClN3O4S. The number of rotatable bonds is 9. The molecule has 1 fully saturated rings. The number of carbonyl (C=O) groups is 3. The molecule has 31 heavy (non-hydrogen) atoms. The van der Waals surface area contributed by atoms with Crippen LogP contribution in [0, 0.1) is 6.92 Å². The number of nitrogens with one attached hydrogen (secondary N) is 1. The maximum absolute atomic E-state index is 12.4. The van der Waals surface area contributed by atoms with Crippen LogP contribution in [0.25, 0.3) is 6.08 Å². The lowest BCUT2D eigenvalue weighted by Crippen LogP contribution is -2.37. The van der Waals surface area contributed by atoms with Crippen molar-refractivity contribution < 1.29 is 19.1 Å². The van der Waals surface area contributed by atoms with Crippen LogP contribution in [0.15, 0.2) is 47.6 Å². The zero-order valence-electron chi connectivity index (χ0n) is 17.0. The maximum atomic E-state index is 12.4. The van der Waals surface area contributed by atoms with E-state index in [1.165, 1.54) is 0 Å². The van der Waals surface area contributed by atoms with Crippen LogP contribution in [-0.4, -0.2) is 46.6 Å². The van der Waals surface area contributed by atoms with E-state index in [1.807, 2.05) is 13.0 Å². The SMILES string of the molecule is Cc1cc(Cl)ccc1OCCCC(=O)NCCN1C(=O)S/C(=C/c2cccnc2)C1=O. The molecular weight excluding hydrogens is 438 g/mol. The minimum absolute atomic E-state index is 0.126. The summed E-state index contributed by atoms with van der Waals surface area (Å²) in [7, 11) is 0. The third-order valence-electron chi connectivity index (χ3n) is 4.46. The van der Waals surface area contributed by atoms with Gasteiger partial charge in [0.2, 0.25) is 5.91 Å². The summed E-state index contributed by atoms with van der Waals surface area (Å²) in [5.41, 5.74) is 1.68. The molecule has 1 aliphatic rings. The highest BCUT2D eigenvalue weighted by Crippen LogP contribution is 2.31. The van der Waals surface area contributed by atoms with Crippen LogP contribution in [-0.2, 0) is 9.59 Å². The number of aryl methyl sites for hydroxylation is 1. The van der Waals surface area contributed by atoms with Gasteiger partial charge in [-0.15, -0.1) is 0 Å². The summed E-state index contributed by atoms with van der Waals surface area (Å²) in [5.74, 6) is 0.220. The second-order valence-electron chi connectivity index (χ2n) is 6.83. The number of carbonyl (C=O) groups excluding carboxylic acids is 3. The largest absolute Gasteiger partial charge is 0.493 e. The lowest BCUT2D eigenvalue weighted by Gasteiger charge is -2.13. The van der Waals surface area contributed by atoms with Crippen molar-refractivity contribution in [2.45, 2.75) is 19.8 Å². The predicted octanol–water partition coefficient (Wildman–Crippen LogP) is 4.06. The first-order valence-electron chi connectivity index (χ1n) is 9.75. The Morgan fingerprint density at radius 2 is 2.16 bits per heavy atom. The molecule has 162 valence electrons. The molecule has 1 aliphatic heterocycles. The van der Waals surface area contributed by atoms with Crippen LogP contribution >= 0.6 is 23.4 Å². The summed E-state index contributed by atoms with van der Waals surface area (Å²) in [6, 6.07) is 8.94. The van der Waals surface area contributed by atoms with Gasteiger partial charge in [-0.3, -0.25) is 24.3 Å². The summed E-state index contributed by atoms with van der Waals surface area (Å²) in [6.45, 7) is 2.64. The van der Waals surface area contributed by atoms with Crippen molar-refractivity contribution in [2.75, 3.05) is 19.7 Å². The van der Waals surface area contributed by atoms with Crippen molar-refractivity contribution >= 4 is 46.5 Å². The highest BCUT2D eigenvalue weighted by molar-refractivity contribution is 8.18. The monoisotopic (exact) mass is 459 g/mol. The number of ether oxygens (including phenoxy) is 1. The Bertz CT molecular complexity index is 998. The van der Waals surface area contributed by atoms with E-state index >= 15 is 0 Å². The van der Waals surface area contributed by atoms with Crippen molar-refractivity contribution in [2.24, 2.45) is 0 Å². The molecule has 3 amide bonds. The summed E-state index contributed by atoms with van der Waals surface area (Å²) >= 11 is 6.80. The van der Waals surface area contributed by atoms with Gasteiger partial charge in [-0.05, 0) is 66.6 Å². The molecule has 1 aromatic heterocycles. The topological polar surface area (TPSA) is 88.6 Å². The number of benzene rings is 1. The van der Waals surface area contributed by atoms with Crippen LogP contribution in [0.1, 0.15) is 24.0 Å². The van der Waals surface area contributed by atoms with Crippen LogP contribution in [0.4, 0.5) is 4.79 Å². The van der Waals surface area contributed by atoms with E-state index in [2.05, 4.69) is 10.3 Å². The Labute approximate surface area is 189 Å². The average Bonchev–Trinajstić information content (AvgIpc) is 3.00. The number of hydrogen-bond acceptors (Lipinski definition) is 6. The summed E-state index contributed by atoms with van der Waals surface area (Å²) in [4.78, 5) is 42.1. The fourth-order valence-electron chi connectivity index (χ4n) is 2.89. The van der Waals surface area contributed by atoms with Gasteiger partial charge >= 0.3 is 0 Å². The molecule has 0 bridgehead atoms. The van der Waals surface area contributed by atoms with Crippen LogP contribution in [0.5, 0.6) is 5.75 Å². The normalized spacial score (nSPS) is 14.9. The third-order valence-corrected chi connectivity index (χ3v) is 5.60. The molecule has 2 heterocycles. The van der Waals surface area contributed by atoms with Crippen LogP contribution < -0.4 is 10.1 Å². The highest BCUT2D eigenvalue weighted by Gasteiger charge is 2.34. The standard InChI is InChI=1S/C22H22ClN3O4S/c1-15-12-17(23)6-7-18(15)30-11-3-5-20(27)25-9-10-26-21(28)19(31-22(26)29)13-16-4-2-8-24-14-16/h2,4,6-8,12-14H,3,5,9-11H2,1H3,(H,25,27)/b19-13+. The molecule has 1 N–H and O–H groups in total. The lowest BCUT2D eigenvalue weighted by molar-refractivity contribution is -0.124. The van der Waals surface area contributed by atoms with Crippen molar-refractivity contribution in [1.82, 2.24) is 15.2 Å². The van der Waals surface area contributed by atoms with E-state index < -0.39 is 0 Å². The molecule has 0 atom stereocenters. The van der Waals surface area contributed by atoms with Crippen LogP contribution in [0.3, 0.4) is 0 Å². The second-order valence-corrected chi connectivity index (χ2v) is 8.26. The number of amides is 3. The first-order chi connectivity index (χ1) is 14.9. The molecule has 0 unspecified atom stereocenters. The Kier molecular flexibility index (Phi) is 8.08. The van der Waals surface area contributed by atoms with Gasteiger partial charge in [-0.25, -0.2) is 0 Å². The first kappa shape index (κ1) is 22.8. The third kappa shape index (κ3) is 6.57. The average molecular weight is 460 g/mol. The van der Waals surface area contributed by atoms with E-state index in [-0.39, 0.29) is 36.6 Å². The van der Waals surface area contributed by atoms with Gasteiger partial charge < -0.3 is 10.1 Å². The van der Waals surface area contributed by atoms with Gasteiger partial charge in [-0.1, -0.05) is 17.7 Å². The minimum Gasteiger partial charge on any atom is -0.493 e. The van der Waals surface area contributed by atoms with Gasteiger partial charge in [0, 0.05) is 36.9 Å².